The molecule has 0 aromatic heterocycles. The number of piperidine rings is 1. The second kappa shape index (κ2) is 6.74. The van der Waals surface area contributed by atoms with Crippen molar-refractivity contribution in [1.82, 2.24) is 10.6 Å². The molecule has 1 aromatic rings. The fraction of sp³-hybridized carbons (Fsp3) is 0.357. The first-order chi connectivity index (χ1) is 10.0. The van der Waals surface area contributed by atoms with Crippen molar-refractivity contribution >= 4 is 23.4 Å². The number of anilines is 1. The first-order valence-electron chi connectivity index (χ1n) is 6.66. The van der Waals surface area contributed by atoms with E-state index in [2.05, 4.69) is 10.6 Å². The summed E-state index contributed by atoms with van der Waals surface area (Å²) in [6.07, 6.45) is 0.676. The summed E-state index contributed by atoms with van der Waals surface area (Å²) in [4.78, 5) is 34.2. The third-order valence-corrected chi connectivity index (χ3v) is 3.03. The van der Waals surface area contributed by atoms with Gasteiger partial charge in [0, 0.05) is 18.2 Å². The Morgan fingerprint density at radius 2 is 2.24 bits per heavy atom. The molecule has 7 heteroatoms. The number of rotatable bonds is 5. The van der Waals surface area contributed by atoms with Crippen LogP contribution in [0.15, 0.2) is 24.3 Å². The molecule has 4 N–H and O–H groups in total. The Kier molecular flexibility index (Phi) is 4.76. The van der Waals surface area contributed by atoms with Crippen LogP contribution in [0.5, 0.6) is 5.75 Å². The number of hydrogen-bond acceptors (Lipinski definition) is 5. The zero-order valence-corrected chi connectivity index (χ0v) is 11.4. The molecule has 1 heterocycles. The summed E-state index contributed by atoms with van der Waals surface area (Å²) in [5.41, 5.74) is 6.19. The Labute approximate surface area is 121 Å². The Bertz CT molecular complexity index is 559. The molecule has 2 rings (SSSR count). The molecule has 1 fully saturated rings. The van der Waals surface area contributed by atoms with Crippen molar-refractivity contribution in [3.8, 4) is 5.75 Å². The SMILES string of the molecule is Nc1cccc(OCCC(=O)NC2CCC(=O)NC2=O)c1. The highest BCUT2D eigenvalue weighted by atomic mass is 16.5. The van der Waals surface area contributed by atoms with Crippen LogP contribution in [0.3, 0.4) is 0 Å². The van der Waals surface area contributed by atoms with Crippen molar-refractivity contribution in [2.45, 2.75) is 25.3 Å². The van der Waals surface area contributed by atoms with Crippen molar-refractivity contribution in [3.63, 3.8) is 0 Å². The van der Waals surface area contributed by atoms with Crippen molar-refractivity contribution in [3.05, 3.63) is 24.3 Å². The predicted octanol–water partition coefficient (Wildman–Crippen LogP) is -0.0409. The number of benzene rings is 1. The molecule has 1 aromatic carbocycles. The smallest absolute Gasteiger partial charge is 0.249 e. The lowest BCUT2D eigenvalue weighted by Gasteiger charge is -2.21. The maximum Gasteiger partial charge on any atom is 0.249 e. The summed E-state index contributed by atoms with van der Waals surface area (Å²) < 4.78 is 5.40. The van der Waals surface area contributed by atoms with Crippen molar-refractivity contribution in [2.75, 3.05) is 12.3 Å². The van der Waals surface area contributed by atoms with Crippen LogP contribution in [-0.4, -0.2) is 30.4 Å². The fourth-order valence-electron chi connectivity index (χ4n) is 1.96. The van der Waals surface area contributed by atoms with E-state index in [-0.39, 0.29) is 31.3 Å². The molecular weight excluding hydrogens is 274 g/mol. The van der Waals surface area contributed by atoms with Gasteiger partial charge in [-0.1, -0.05) is 6.07 Å². The molecule has 1 atom stereocenters. The van der Waals surface area contributed by atoms with Gasteiger partial charge < -0.3 is 15.8 Å². The lowest BCUT2D eigenvalue weighted by Crippen LogP contribution is -2.52. The van der Waals surface area contributed by atoms with E-state index < -0.39 is 11.9 Å². The quantitative estimate of drug-likeness (QED) is 0.521. The van der Waals surface area contributed by atoms with Gasteiger partial charge >= 0.3 is 0 Å². The van der Waals surface area contributed by atoms with Crippen molar-refractivity contribution in [2.24, 2.45) is 0 Å². The highest BCUT2D eigenvalue weighted by Gasteiger charge is 2.27. The third kappa shape index (κ3) is 4.48. The maximum absolute atomic E-state index is 11.7. The minimum absolute atomic E-state index is 0.118. The summed E-state index contributed by atoms with van der Waals surface area (Å²) in [6.45, 7) is 0.183. The minimum atomic E-state index is -0.650. The van der Waals surface area contributed by atoms with E-state index >= 15 is 0 Å². The summed E-state index contributed by atoms with van der Waals surface area (Å²) in [5.74, 6) is -0.482. The lowest BCUT2D eigenvalue weighted by atomic mass is 10.1. The first kappa shape index (κ1) is 14.8. The molecule has 1 unspecified atom stereocenters. The van der Waals surface area contributed by atoms with Crippen LogP contribution in [0.25, 0.3) is 0 Å². The summed E-state index contributed by atoms with van der Waals surface area (Å²) in [7, 11) is 0. The van der Waals surface area contributed by atoms with E-state index in [9.17, 15) is 14.4 Å². The first-order valence-corrected chi connectivity index (χ1v) is 6.66. The topological polar surface area (TPSA) is 111 Å². The van der Waals surface area contributed by atoms with Gasteiger partial charge in [-0.2, -0.15) is 0 Å². The molecular formula is C14H17N3O4. The van der Waals surface area contributed by atoms with Crippen LogP contribution in [0.1, 0.15) is 19.3 Å². The monoisotopic (exact) mass is 291 g/mol. The summed E-state index contributed by atoms with van der Waals surface area (Å²) in [6, 6.07) is 6.26. The molecule has 0 spiro atoms. The van der Waals surface area contributed by atoms with Crippen molar-refractivity contribution < 1.29 is 19.1 Å². The van der Waals surface area contributed by atoms with Crippen LogP contribution in [0, 0.1) is 0 Å². The number of amides is 3. The minimum Gasteiger partial charge on any atom is -0.493 e. The van der Waals surface area contributed by atoms with Crippen LogP contribution in [0.4, 0.5) is 5.69 Å². The van der Waals surface area contributed by atoms with Gasteiger partial charge in [0.05, 0.1) is 13.0 Å². The van der Waals surface area contributed by atoms with E-state index in [1.807, 2.05) is 0 Å². The largest absolute Gasteiger partial charge is 0.493 e. The predicted molar refractivity (Wildman–Crippen MR) is 75.3 cm³/mol. The summed E-state index contributed by atoms with van der Waals surface area (Å²) in [5, 5.41) is 4.76. The number of nitrogen functional groups attached to an aromatic ring is 1. The molecule has 21 heavy (non-hydrogen) atoms. The Morgan fingerprint density at radius 3 is 2.95 bits per heavy atom. The number of carbonyl (C=O) groups excluding carboxylic acids is 3. The van der Waals surface area contributed by atoms with E-state index in [0.717, 1.165) is 0 Å². The zero-order chi connectivity index (χ0) is 15.2. The second-order valence-electron chi connectivity index (χ2n) is 4.74. The molecule has 0 radical (unpaired) electrons. The molecule has 7 nitrogen and oxygen atoms in total. The molecule has 3 amide bonds. The average molecular weight is 291 g/mol. The van der Waals surface area contributed by atoms with Gasteiger partial charge in [0.1, 0.15) is 11.8 Å². The number of nitrogens with one attached hydrogen (secondary N) is 2. The van der Waals surface area contributed by atoms with Gasteiger partial charge in [-0.05, 0) is 18.6 Å². The Morgan fingerprint density at radius 1 is 1.43 bits per heavy atom. The van der Waals surface area contributed by atoms with Gasteiger partial charge in [0.15, 0.2) is 0 Å². The van der Waals surface area contributed by atoms with Gasteiger partial charge in [-0.3, -0.25) is 19.7 Å². The molecule has 112 valence electrons. The Balaban J connectivity index is 1.72. The standard InChI is InChI=1S/C14H17N3O4/c15-9-2-1-3-10(8-9)21-7-6-13(19)16-11-4-5-12(18)17-14(11)20/h1-3,8,11H,4-7,15H2,(H,16,19)(H,17,18,20). The zero-order valence-electron chi connectivity index (χ0n) is 11.4. The van der Waals surface area contributed by atoms with Gasteiger partial charge in [0.2, 0.25) is 17.7 Å². The van der Waals surface area contributed by atoms with E-state index in [0.29, 0.717) is 17.9 Å². The molecule has 1 aliphatic heterocycles. The number of ether oxygens (including phenoxy) is 1. The maximum atomic E-state index is 11.7. The van der Waals surface area contributed by atoms with Gasteiger partial charge in [-0.15, -0.1) is 0 Å². The third-order valence-electron chi connectivity index (χ3n) is 3.03. The van der Waals surface area contributed by atoms with Crippen LogP contribution < -0.4 is 21.1 Å². The molecule has 0 saturated carbocycles. The van der Waals surface area contributed by atoms with E-state index in [1.165, 1.54) is 0 Å². The van der Waals surface area contributed by atoms with E-state index in [1.54, 1.807) is 24.3 Å². The second-order valence-corrected chi connectivity index (χ2v) is 4.74. The van der Waals surface area contributed by atoms with Crippen LogP contribution in [0.2, 0.25) is 0 Å². The number of hydrogen-bond donors (Lipinski definition) is 3. The van der Waals surface area contributed by atoms with Gasteiger partial charge in [0.25, 0.3) is 0 Å². The highest BCUT2D eigenvalue weighted by Crippen LogP contribution is 2.14. The average Bonchev–Trinajstić information content (AvgIpc) is 2.42. The summed E-state index contributed by atoms with van der Waals surface area (Å²) >= 11 is 0. The normalized spacial score (nSPS) is 18.0. The van der Waals surface area contributed by atoms with Crippen molar-refractivity contribution in [1.29, 1.82) is 0 Å². The molecule has 1 saturated heterocycles. The van der Waals surface area contributed by atoms with Crippen LogP contribution in [-0.2, 0) is 14.4 Å². The van der Waals surface area contributed by atoms with Crippen LogP contribution >= 0.6 is 0 Å². The van der Waals surface area contributed by atoms with Gasteiger partial charge in [-0.25, -0.2) is 0 Å². The number of carbonyl (C=O) groups is 3. The molecule has 0 bridgehead atoms. The number of nitrogens with two attached hydrogens (primary N) is 1. The molecule has 0 aliphatic carbocycles. The highest BCUT2D eigenvalue weighted by molar-refractivity contribution is 6.01. The lowest BCUT2D eigenvalue weighted by molar-refractivity contribution is -0.137. The molecule has 1 aliphatic rings. The fourth-order valence-corrected chi connectivity index (χ4v) is 1.96. The van der Waals surface area contributed by atoms with E-state index in [4.69, 9.17) is 10.5 Å². The Hall–Kier alpha value is -2.57. The number of imide groups is 1.